The van der Waals surface area contributed by atoms with Gasteiger partial charge in [0.05, 0.1) is 11.6 Å². The molecule has 1 aromatic rings. The van der Waals surface area contributed by atoms with Crippen molar-refractivity contribution in [2.75, 3.05) is 13.2 Å². The van der Waals surface area contributed by atoms with Crippen LogP contribution >= 0.6 is 0 Å². The molecule has 0 aliphatic carbocycles. The Labute approximate surface area is 115 Å². The molecule has 0 aromatic heterocycles. The molecule has 1 fully saturated rings. The van der Waals surface area contributed by atoms with Crippen molar-refractivity contribution < 1.29 is 4.74 Å². The number of hydrogen-bond donors (Lipinski definition) is 0. The van der Waals surface area contributed by atoms with Gasteiger partial charge in [-0.05, 0) is 33.3 Å². The predicted octanol–water partition coefficient (Wildman–Crippen LogP) is 2.81. The van der Waals surface area contributed by atoms with Crippen LogP contribution in [0.15, 0.2) is 35.3 Å². The van der Waals surface area contributed by atoms with Crippen molar-refractivity contribution in [3.05, 3.63) is 35.9 Å². The third kappa shape index (κ3) is 2.27. The Morgan fingerprint density at radius 2 is 1.95 bits per heavy atom. The van der Waals surface area contributed by atoms with Gasteiger partial charge in [-0.15, -0.1) is 0 Å². The van der Waals surface area contributed by atoms with Crippen molar-refractivity contribution >= 4 is 5.90 Å². The minimum atomic E-state index is -0.0551. The van der Waals surface area contributed by atoms with Gasteiger partial charge in [-0.2, -0.15) is 0 Å². The molecular formula is C16H22N2O. The standard InChI is InChI=1S/C16H22N2O/c1-15(2)11-19-14(17-15)13-10-18(13)16(3,4)12-8-6-5-7-9-12/h5-9,13H,10-11H2,1-4H3. The quantitative estimate of drug-likeness (QED) is 0.779. The first kappa shape index (κ1) is 12.7. The highest BCUT2D eigenvalue weighted by Crippen LogP contribution is 2.39. The van der Waals surface area contributed by atoms with Gasteiger partial charge < -0.3 is 4.74 Å². The Bertz CT molecular complexity index is 505. The smallest absolute Gasteiger partial charge is 0.203 e. The van der Waals surface area contributed by atoms with Gasteiger partial charge in [0, 0.05) is 12.1 Å². The van der Waals surface area contributed by atoms with Gasteiger partial charge in [-0.25, -0.2) is 4.99 Å². The molecule has 19 heavy (non-hydrogen) atoms. The fraction of sp³-hybridized carbons (Fsp3) is 0.562. The van der Waals surface area contributed by atoms with Crippen LogP contribution in [0.5, 0.6) is 0 Å². The Balaban J connectivity index is 1.76. The molecule has 3 nitrogen and oxygen atoms in total. The molecule has 1 saturated heterocycles. The second-order valence-corrected chi connectivity index (χ2v) is 6.64. The zero-order chi connectivity index (χ0) is 13.7. The third-order valence-corrected chi connectivity index (χ3v) is 4.08. The maximum Gasteiger partial charge on any atom is 0.203 e. The third-order valence-electron chi connectivity index (χ3n) is 4.08. The van der Waals surface area contributed by atoms with E-state index in [1.54, 1.807) is 0 Å². The van der Waals surface area contributed by atoms with Crippen molar-refractivity contribution in [3.63, 3.8) is 0 Å². The molecule has 0 saturated carbocycles. The monoisotopic (exact) mass is 258 g/mol. The highest BCUT2D eigenvalue weighted by Gasteiger charge is 2.50. The summed E-state index contributed by atoms with van der Waals surface area (Å²) in [4.78, 5) is 7.14. The van der Waals surface area contributed by atoms with Crippen molar-refractivity contribution in [1.82, 2.24) is 4.90 Å². The van der Waals surface area contributed by atoms with E-state index in [1.807, 2.05) is 0 Å². The van der Waals surface area contributed by atoms with E-state index in [0.29, 0.717) is 12.6 Å². The van der Waals surface area contributed by atoms with Crippen molar-refractivity contribution in [2.45, 2.75) is 44.8 Å². The van der Waals surface area contributed by atoms with Crippen LogP contribution in [0.25, 0.3) is 0 Å². The molecule has 3 heteroatoms. The summed E-state index contributed by atoms with van der Waals surface area (Å²) in [6.07, 6.45) is 0. The molecule has 102 valence electrons. The van der Waals surface area contributed by atoms with Crippen LogP contribution in [0, 0.1) is 0 Å². The van der Waals surface area contributed by atoms with Gasteiger partial charge in [-0.1, -0.05) is 30.3 Å². The molecule has 3 rings (SSSR count). The summed E-state index contributed by atoms with van der Waals surface area (Å²) in [6.45, 7) is 10.5. The summed E-state index contributed by atoms with van der Waals surface area (Å²) in [5, 5.41) is 0. The largest absolute Gasteiger partial charge is 0.477 e. The Hall–Kier alpha value is -1.35. The lowest BCUT2D eigenvalue weighted by Gasteiger charge is -2.28. The van der Waals surface area contributed by atoms with E-state index >= 15 is 0 Å². The first-order valence-electron chi connectivity index (χ1n) is 6.95. The van der Waals surface area contributed by atoms with Gasteiger partial charge in [0.15, 0.2) is 0 Å². The van der Waals surface area contributed by atoms with Gasteiger partial charge in [0.1, 0.15) is 6.61 Å². The van der Waals surface area contributed by atoms with Crippen LogP contribution in [0.1, 0.15) is 33.3 Å². The summed E-state index contributed by atoms with van der Waals surface area (Å²) in [6, 6.07) is 11.0. The summed E-state index contributed by atoms with van der Waals surface area (Å²) in [7, 11) is 0. The van der Waals surface area contributed by atoms with Gasteiger partial charge in [0.25, 0.3) is 0 Å². The minimum Gasteiger partial charge on any atom is -0.477 e. The lowest BCUT2D eigenvalue weighted by molar-refractivity contribution is 0.248. The molecular weight excluding hydrogens is 236 g/mol. The number of benzene rings is 1. The maximum atomic E-state index is 5.76. The number of aliphatic imine (C=N–C) groups is 1. The van der Waals surface area contributed by atoms with Gasteiger partial charge in [-0.3, -0.25) is 4.90 Å². The molecule has 1 aromatic carbocycles. The predicted molar refractivity (Wildman–Crippen MR) is 77.4 cm³/mol. The average Bonchev–Trinajstić information content (AvgIpc) is 3.10. The highest BCUT2D eigenvalue weighted by atomic mass is 16.5. The van der Waals surface area contributed by atoms with Crippen molar-refractivity contribution in [1.29, 1.82) is 0 Å². The van der Waals surface area contributed by atoms with Crippen LogP contribution < -0.4 is 0 Å². The Morgan fingerprint density at radius 1 is 1.26 bits per heavy atom. The Morgan fingerprint density at radius 3 is 2.53 bits per heavy atom. The minimum absolute atomic E-state index is 0.0323. The summed E-state index contributed by atoms with van der Waals surface area (Å²) in [5.74, 6) is 0.925. The lowest BCUT2D eigenvalue weighted by atomic mass is 9.94. The van der Waals surface area contributed by atoms with E-state index in [-0.39, 0.29) is 11.1 Å². The van der Waals surface area contributed by atoms with Gasteiger partial charge >= 0.3 is 0 Å². The number of rotatable bonds is 3. The van der Waals surface area contributed by atoms with Gasteiger partial charge in [0.2, 0.25) is 5.90 Å². The first-order chi connectivity index (χ1) is 8.90. The van der Waals surface area contributed by atoms with E-state index in [9.17, 15) is 0 Å². The fourth-order valence-corrected chi connectivity index (χ4v) is 2.76. The molecule has 0 N–H and O–H groups in total. The molecule has 0 spiro atoms. The van der Waals surface area contributed by atoms with Crippen LogP contribution in [0.3, 0.4) is 0 Å². The molecule has 2 heterocycles. The molecule has 0 amide bonds. The number of ether oxygens (including phenoxy) is 1. The molecule has 2 aliphatic heterocycles. The van der Waals surface area contributed by atoms with Crippen LogP contribution in [0.2, 0.25) is 0 Å². The lowest BCUT2D eigenvalue weighted by Crippen LogP contribution is -2.31. The molecule has 0 radical (unpaired) electrons. The van der Waals surface area contributed by atoms with E-state index < -0.39 is 0 Å². The summed E-state index contributed by atoms with van der Waals surface area (Å²) in [5.41, 5.74) is 1.32. The highest BCUT2D eigenvalue weighted by molar-refractivity contribution is 5.86. The van der Waals surface area contributed by atoms with Crippen molar-refractivity contribution in [3.8, 4) is 0 Å². The second-order valence-electron chi connectivity index (χ2n) is 6.64. The second kappa shape index (κ2) is 4.07. The van der Waals surface area contributed by atoms with Crippen LogP contribution in [0.4, 0.5) is 0 Å². The topological polar surface area (TPSA) is 24.6 Å². The first-order valence-corrected chi connectivity index (χ1v) is 6.95. The molecule has 0 bridgehead atoms. The number of hydrogen-bond acceptors (Lipinski definition) is 3. The normalized spacial score (nSPS) is 28.7. The zero-order valence-corrected chi connectivity index (χ0v) is 12.2. The van der Waals surface area contributed by atoms with E-state index in [2.05, 4.69) is 62.9 Å². The maximum absolute atomic E-state index is 5.76. The van der Waals surface area contributed by atoms with E-state index in [0.717, 1.165) is 12.4 Å². The zero-order valence-electron chi connectivity index (χ0n) is 12.2. The SMILES string of the molecule is CC1(C)COC(C2CN2C(C)(C)c2ccccc2)=N1. The molecule has 2 atom stereocenters. The fourth-order valence-electron chi connectivity index (χ4n) is 2.76. The van der Waals surface area contributed by atoms with Crippen molar-refractivity contribution in [2.24, 2.45) is 4.99 Å². The van der Waals surface area contributed by atoms with E-state index in [4.69, 9.17) is 9.73 Å². The molecule has 2 aliphatic rings. The average molecular weight is 258 g/mol. The van der Waals surface area contributed by atoms with E-state index in [1.165, 1.54) is 5.56 Å². The number of nitrogens with zero attached hydrogens (tertiary/aromatic N) is 2. The van der Waals surface area contributed by atoms with Crippen LogP contribution in [-0.2, 0) is 10.3 Å². The summed E-state index contributed by atoms with van der Waals surface area (Å²) < 4.78 is 5.76. The Kier molecular flexibility index (Phi) is 2.72. The molecule has 2 unspecified atom stereocenters. The van der Waals surface area contributed by atoms with Crippen LogP contribution in [-0.4, -0.2) is 35.5 Å². The summed E-state index contributed by atoms with van der Waals surface area (Å²) >= 11 is 0.